The Bertz CT molecular complexity index is 612. The Morgan fingerprint density at radius 1 is 1.17 bits per heavy atom. The minimum absolute atomic E-state index is 0.0332. The van der Waals surface area contributed by atoms with E-state index in [1.165, 1.54) is 12.1 Å². The summed E-state index contributed by atoms with van der Waals surface area (Å²) in [6, 6.07) is 4.45. The number of benzene rings is 1. The molecule has 0 aromatic heterocycles. The van der Waals surface area contributed by atoms with Crippen molar-refractivity contribution in [2.24, 2.45) is 5.41 Å². The number of sulfone groups is 1. The van der Waals surface area contributed by atoms with Crippen molar-refractivity contribution in [3.63, 3.8) is 0 Å². The molecule has 1 N–H and O–H groups in total. The maximum Gasteiger partial charge on any atom is 0.181 e. The normalized spacial score (nSPS) is 12.8. The summed E-state index contributed by atoms with van der Waals surface area (Å²) in [5.74, 6) is -0.0332. The fourth-order valence-electron chi connectivity index (χ4n) is 2.31. The fourth-order valence-corrected chi connectivity index (χ4v) is 4.41. The number of rotatable bonds is 8. The highest BCUT2D eigenvalue weighted by atomic mass is 35.5. The van der Waals surface area contributed by atoms with Gasteiger partial charge in [0.25, 0.3) is 0 Å². The average molecular weight is 382 g/mol. The van der Waals surface area contributed by atoms with Gasteiger partial charge in [-0.15, -0.1) is 0 Å². The predicted octanol–water partition coefficient (Wildman–Crippen LogP) is 3.50. The Balaban J connectivity index is 2.84. The first kappa shape index (κ1) is 20.7. The molecule has 0 fully saturated rings. The Morgan fingerprint density at radius 2 is 1.83 bits per heavy atom. The highest BCUT2D eigenvalue weighted by Crippen LogP contribution is 2.26. The largest absolute Gasteiger partial charge is 0.396 e. The molecule has 1 aromatic carbocycles. The molecule has 0 aliphatic carbocycles. The van der Waals surface area contributed by atoms with E-state index in [9.17, 15) is 8.42 Å². The molecule has 0 unspecified atom stereocenters. The molecule has 7 heteroatoms. The molecule has 132 valence electrons. The SMILES string of the molecule is CC(C)(C)CN(CCCO)CCS(=O)(=O)c1cc(Cl)ccc1Cl. The molecule has 1 rings (SSSR count). The second-order valence-corrected chi connectivity index (χ2v) is 9.73. The van der Waals surface area contributed by atoms with Crippen molar-refractivity contribution in [3.8, 4) is 0 Å². The van der Waals surface area contributed by atoms with E-state index in [0.717, 1.165) is 6.54 Å². The summed E-state index contributed by atoms with van der Waals surface area (Å²) in [4.78, 5) is 2.14. The third-order valence-electron chi connectivity index (χ3n) is 3.23. The molecular formula is C16H25Cl2NO3S. The molecule has 0 bridgehead atoms. The van der Waals surface area contributed by atoms with E-state index in [0.29, 0.717) is 24.5 Å². The van der Waals surface area contributed by atoms with Gasteiger partial charge in [0.15, 0.2) is 9.84 Å². The lowest BCUT2D eigenvalue weighted by molar-refractivity contribution is 0.180. The third-order valence-corrected chi connectivity index (χ3v) is 5.64. The van der Waals surface area contributed by atoms with Gasteiger partial charge >= 0.3 is 0 Å². The molecule has 0 aliphatic heterocycles. The Labute approximate surface area is 149 Å². The van der Waals surface area contributed by atoms with E-state index in [1.807, 2.05) is 0 Å². The zero-order valence-corrected chi connectivity index (χ0v) is 16.2. The summed E-state index contributed by atoms with van der Waals surface area (Å²) in [6.07, 6.45) is 0.619. The minimum Gasteiger partial charge on any atom is -0.396 e. The van der Waals surface area contributed by atoms with Gasteiger partial charge in [-0.2, -0.15) is 0 Å². The summed E-state index contributed by atoms with van der Waals surface area (Å²) in [7, 11) is -3.51. The average Bonchev–Trinajstić information content (AvgIpc) is 2.43. The summed E-state index contributed by atoms with van der Waals surface area (Å²) in [5.41, 5.74) is 0.0485. The van der Waals surface area contributed by atoms with Gasteiger partial charge in [0, 0.05) is 31.3 Å². The molecule has 0 radical (unpaired) electrons. The van der Waals surface area contributed by atoms with Crippen LogP contribution in [0.15, 0.2) is 23.1 Å². The molecule has 0 saturated carbocycles. The highest BCUT2D eigenvalue weighted by Gasteiger charge is 2.22. The number of aliphatic hydroxyl groups is 1. The van der Waals surface area contributed by atoms with Crippen LogP contribution in [0.3, 0.4) is 0 Å². The van der Waals surface area contributed by atoms with Crippen LogP contribution in [0.25, 0.3) is 0 Å². The van der Waals surface area contributed by atoms with Crippen molar-refractivity contribution in [1.82, 2.24) is 4.90 Å². The lowest BCUT2D eigenvalue weighted by Gasteiger charge is -2.29. The van der Waals surface area contributed by atoms with Crippen LogP contribution in [0.1, 0.15) is 27.2 Å². The standard InChI is InChI=1S/C16H25Cl2NO3S/c1-16(2,3)12-19(7-4-9-20)8-10-23(21,22)15-11-13(17)5-6-14(15)18/h5-6,11,20H,4,7-10,12H2,1-3H3. The number of hydrogen-bond acceptors (Lipinski definition) is 4. The molecule has 4 nitrogen and oxygen atoms in total. The fraction of sp³-hybridized carbons (Fsp3) is 0.625. The van der Waals surface area contributed by atoms with E-state index < -0.39 is 9.84 Å². The summed E-state index contributed by atoms with van der Waals surface area (Å²) >= 11 is 11.9. The first-order valence-corrected chi connectivity index (χ1v) is 9.97. The first-order chi connectivity index (χ1) is 10.5. The zero-order valence-electron chi connectivity index (χ0n) is 13.8. The monoisotopic (exact) mass is 381 g/mol. The van der Waals surface area contributed by atoms with Crippen molar-refractivity contribution < 1.29 is 13.5 Å². The summed E-state index contributed by atoms with van der Waals surface area (Å²) < 4.78 is 25.1. The quantitative estimate of drug-likeness (QED) is 0.748. The predicted molar refractivity (Wildman–Crippen MR) is 96.1 cm³/mol. The molecule has 0 amide bonds. The topological polar surface area (TPSA) is 57.6 Å². The highest BCUT2D eigenvalue weighted by molar-refractivity contribution is 7.91. The summed E-state index contributed by atoms with van der Waals surface area (Å²) in [5, 5.41) is 9.54. The molecule has 0 aliphatic rings. The van der Waals surface area contributed by atoms with Gasteiger partial charge < -0.3 is 10.0 Å². The van der Waals surface area contributed by atoms with Gasteiger partial charge in [0.2, 0.25) is 0 Å². The van der Waals surface area contributed by atoms with Crippen LogP contribution in [0, 0.1) is 5.41 Å². The maximum absolute atomic E-state index is 12.5. The van der Waals surface area contributed by atoms with Gasteiger partial charge in [-0.25, -0.2) is 8.42 Å². The van der Waals surface area contributed by atoms with Crippen LogP contribution in [-0.2, 0) is 9.84 Å². The molecule has 23 heavy (non-hydrogen) atoms. The van der Waals surface area contributed by atoms with E-state index in [2.05, 4.69) is 25.7 Å². The molecule has 0 atom stereocenters. The molecule has 0 saturated heterocycles. The number of hydrogen-bond donors (Lipinski definition) is 1. The Morgan fingerprint density at radius 3 is 2.39 bits per heavy atom. The van der Waals surface area contributed by atoms with Crippen LogP contribution in [0.2, 0.25) is 10.0 Å². The van der Waals surface area contributed by atoms with Crippen LogP contribution in [0.5, 0.6) is 0 Å². The molecule has 0 spiro atoms. The maximum atomic E-state index is 12.5. The molecule has 1 aromatic rings. The second-order valence-electron chi connectivity index (χ2n) is 6.81. The first-order valence-electron chi connectivity index (χ1n) is 7.56. The summed E-state index contributed by atoms with van der Waals surface area (Å²) in [6.45, 7) is 8.19. The lowest BCUT2D eigenvalue weighted by atomic mass is 9.96. The van der Waals surface area contributed by atoms with E-state index in [4.69, 9.17) is 28.3 Å². The van der Waals surface area contributed by atoms with Crippen LogP contribution in [0.4, 0.5) is 0 Å². The van der Waals surface area contributed by atoms with E-state index in [-0.39, 0.29) is 27.7 Å². The van der Waals surface area contributed by atoms with Crippen LogP contribution in [-0.4, -0.2) is 50.4 Å². The minimum atomic E-state index is -3.51. The van der Waals surface area contributed by atoms with Crippen molar-refractivity contribution in [2.75, 3.05) is 32.0 Å². The van der Waals surface area contributed by atoms with Crippen molar-refractivity contribution in [3.05, 3.63) is 28.2 Å². The van der Waals surface area contributed by atoms with E-state index >= 15 is 0 Å². The number of halogens is 2. The van der Waals surface area contributed by atoms with Crippen molar-refractivity contribution in [2.45, 2.75) is 32.1 Å². The van der Waals surface area contributed by atoms with Gasteiger partial charge in [-0.05, 0) is 30.0 Å². The van der Waals surface area contributed by atoms with Crippen LogP contribution >= 0.6 is 23.2 Å². The smallest absolute Gasteiger partial charge is 0.181 e. The Kier molecular flexibility index (Phi) is 7.81. The van der Waals surface area contributed by atoms with Gasteiger partial charge in [-0.1, -0.05) is 44.0 Å². The third kappa shape index (κ3) is 7.40. The molecular weight excluding hydrogens is 357 g/mol. The number of nitrogens with zero attached hydrogens (tertiary/aromatic N) is 1. The van der Waals surface area contributed by atoms with Crippen molar-refractivity contribution in [1.29, 1.82) is 0 Å². The van der Waals surface area contributed by atoms with Gasteiger partial charge in [0.05, 0.1) is 15.7 Å². The number of aliphatic hydroxyl groups excluding tert-OH is 1. The van der Waals surface area contributed by atoms with Gasteiger partial charge in [-0.3, -0.25) is 0 Å². The van der Waals surface area contributed by atoms with Gasteiger partial charge in [0.1, 0.15) is 0 Å². The molecule has 0 heterocycles. The van der Waals surface area contributed by atoms with Crippen molar-refractivity contribution >= 4 is 33.0 Å². The second kappa shape index (κ2) is 8.67. The van der Waals surface area contributed by atoms with E-state index in [1.54, 1.807) is 6.07 Å². The van der Waals surface area contributed by atoms with Crippen LogP contribution < -0.4 is 0 Å². The zero-order chi connectivity index (χ0) is 17.7. The lowest BCUT2D eigenvalue weighted by Crippen LogP contribution is -2.37. The Hall–Kier alpha value is -0.330.